The number of hydrogen-bond donors (Lipinski definition) is 1. The smallest absolute Gasteiger partial charge is 0.0949 e. The quantitative estimate of drug-likeness (QED) is 0.485. The molecular weight excluding hydrogens is 344 g/mol. The van der Waals surface area contributed by atoms with E-state index in [1.807, 2.05) is 30.3 Å². The number of nitrogens with zero attached hydrogens (tertiary/aromatic N) is 2. The molecule has 0 amide bonds. The second-order valence-electron chi connectivity index (χ2n) is 6.55. The van der Waals surface area contributed by atoms with Gasteiger partial charge in [-0.15, -0.1) is 0 Å². The van der Waals surface area contributed by atoms with Crippen LogP contribution in [-0.2, 0) is 13.2 Å². The van der Waals surface area contributed by atoms with E-state index in [0.717, 1.165) is 41.5 Å². The van der Waals surface area contributed by atoms with Crippen LogP contribution in [0.4, 0.5) is 0 Å². The van der Waals surface area contributed by atoms with Crippen molar-refractivity contribution in [1.29, 1.82) is 0 Å². The summed E-state index contributed by atoms with van der Waals surface area (Å²) in [7, 11) is 0. The Bertz CT molecular complexity index is 1070. The van der Waals surface area contributed by atoms with Gasteiger partial charge >= 0.3 is 0 Å². The minimum absolute atomic E-state index is 0.0784. The summed E-state index contributed by atoms with van der Waals surface area (Å²) in [5.74, 6) is 0. The third-order valence-corrected chi connectivity index (χ3v) is 5.07. The molecule has 1 N–H and O–H groups in total. The molecule has 0 aliphatic rings. The van der Waals surface area contributed by atoms with Crippen LogP contribution >= 0.6 is 11.6 Å². The standard InChI is InChI=1S/C22H21ClN2O/c1-2-3-12-25-20-7-5-4-6-18(20)19-13-17(14-26)24-21(22(19)25)15-8-10-16(23)11-9-15/h4-11,13,26H,2-3,12,14H2,1H3. The van der Waals surface area contributed by atoms with Gasteiger partial charge in [0.15, 0.2) is 0 Å². The Balaban J connectivity index is 2.10. The number of pyridine rings is 1. The first kappa shape index (κ1) is 17.1. The van der Waals surface area contributed by atoms with Crippen LogP contribution < -0.4 is 0 Å². The first-order valence-corrected chi connectivity index (χ1v) is 9.38. The number of aryl methyl sites for hydroxylation is 1. The predicted molar refractivity (Wildman–Crippen MR) is 109 cm³/mol. The summed E-state index contributed by atoms with van der Waals surface area (Å²) in [6.07, 6.45) is 2.24. The largest absolute Gasteiger partial charge is 0.390 e. The Kier molecular flexibility index (Phi) is 4.66. The van der Waals surface area contributed by atoms with Gasteiger partial charge in [0.05, 0.1) is 23.5 Å². The van der Waals surface area contributed by atoms with Crippen LogP contribution in [0.15, 0.2) is 54.6 Å². The molecule has 0 spiro atoms. The summed E-state index contributed by atoms with van der Waals surface area (Å²) in [6.45, 7) is 3.07. The van der Waals surface area contributed by atoms with Gasteiger partial charge in [-0.25, -0.2) is 4.98 Å². The van der Waals surface area contributed by atoms with Gasteiger partial charge < -0.3 is 9.67 Å². The van der Waals surface area contributed by atoms with Crippen molar-refractivity contribution < 1.29 is 5.11 Å². The van der Waals surface area contributed by atoms with Crippen LogP contribution in [0, 0.1) is 0 Å². The van der Waals surface area contributed by atoms with E-state index in [-0.39, 0.29) is 6.61 Å². The first-order chi connectivity index (χ1) is 12.7. The average Bonchev–Trinajstić information content (AvgIpc) is 3.00. The number of unbranched alkanes of at least 4 members (excludes halogenated alkanes) is 1. The molecule has 4 aromatic rings. The lowest BCUT2D eigenvalue weighted by Gasteiger charge is -2.11. The average molecular weight is 365 g/mol. The SMILES string of the molecule is CCCCn1c2ccccc2c2cc(CO)nc(-c3ccc(Cl)cc3)c21. The van der Waals surface area contributed by atoms with Crippen molar-refractivity contribution in [3.63, 3.8) is 0 Å². The summed E-state index contributed by atoms with van der Waals surface area (Å²) in [5, 5.41) is 12.8. The lowest BCUT2D eigenvalue weighted by atomic mass is 10.1. The van der Waals surface area contributed by atoms with Crippen LogP contribution in [0.2, 0.25) is 5.02 Å². The first-order valence-electron chi connectivity index (χ1n) is 9.00. The van der Waals surface area contributed by atoms with Crippen LogP contribution in [0.5, 0.6) is 0 Å². The molecule has 4 rings (SSSR count). The third kappa shape index (κ3) is 2.87. The molecule has 0 saturated carbocycles. The molecule has 26 heavy (non-hydrogen) atoms. The van der Waals surface area contributed by atoms with Gasteiger partial charge in [-0.1, -0.05) is 55.3 Å². The van der Waals surface area contributed by atoms with E-state index in [4.69, 9.17) is 16.6 Å². The molecule has 4 heteroatoms. The zero-order valence-corrected chi connectivity index (χ0v) is 15.5. The molecule has 0 aliphatic heterocycles. The van der Waals surface area contributed by atoms with E-state index in [1.165, 1.54) is 10.9 Å². The van der Waals surface area contributed by atoms with Gasteiger partial charge in [0.25, 0.3) is 0 Å². The van der Waals surface area contributed by atoms with Crippen LogP contribution in [0.3, 0.4) is 0 Å². The lowest BCUT2D eigenvalue weighted by molar-refractivity contribution is 0.277. The zero-order valence-electron chi connectivity index (χ0n) is 14.7. The van der Waals surface area contributed by atoms with E-state index in [0.29, 0.717) is 10.7 Å². The maximum atomic E-state index is 9.74. The number of rotatable bonds is 5. The van der Waals surface area contributed by atoms with Gasteiger partial charge in [0.2, 0.25) is 0 Å². The van der Waals surface area contributed by atoms with Gasteiger partial charge in [0, 0.05) is 33.4 Å². The number of fused-ring (bicyclic) bond motifs is 3. The number of aliphatic hydroxyl groups excluding tert-OH is 1. The molecule has 3 nitrogen and oxygen atoms in total. The molecule has 132 valence electrons. The highest BCUT2D eigenvalue weighted by molar-refractivity contribution is 6.30. The molecule has 0 saturated heterocycles. The van der Waals surface area contributed by atoms with Gasteiger partial charge in [-0.05, 0) is 30.7 Å². The maximum Gasteiger partial charge on any atom is 0.0949 e. The van der Waals surface area contributed by atoms with Crippen LogP contribution in [-0.4, -0.2) is 14.7 Å². The van der Waals surface area contributed by atoms with E-state index in [9.17, 15) is 5.11 Å². The van der Waals surface area contributed by atoms with Crippen LogP contribution in [0.25, 0.3) is 33.1 Å². The molecule has 2 aromatic heterocycles. The highest BCUT2D eigenvalue weighted by atomic mass is 35.5. The van der Waals surface area contributed by atoms with E-state index >= 15 is 0 Å². The van der Waals surface area contributed by atoms with Gasteiger partial charge in [-0.3, -0.25) is 0 Å². The Hall–Kier alpha value is -2.36. The Morgan fingerprint density at radius 2 is 1.81 bits per heavy atom. The second-order valence-corrected chi connectivity index (χ2v) is 6.98. The normalized spacial score (nSPS) is 11.5. The van der Waals surface area contributed by atoms with E-state index in [2.05, 4.69) is 35.8 Å². The third-order valence-electron chi connectivity index (χ3n) is 4.82. The van der Waals surface area contributed by atoms with Crippen molar-refractivity contribution in [3.05, 3.63) is 65.3 Å². The summed E-state index contributed by atoms with van der Waals surface area (Å²) in [4.78, 5) is 4.77. The second kappa shape index (κ2) is 7.10. The summed E-state index contributed by atoms with van der Waals surface area (Å²) < 4.78 is 2.37. The highest BCUT2D eigenvalue weighted by Crippen LogP contribution is 2.36. The number of aromatic nitrogens is 2. The van der Waals surface area contributed by atoms with Crippen LogP contribution in [0.1, 0.15) is 25.5 Å². The Morgan fingerprint density at radius 1 is 1.04 bits per heavy atom. The van der Waals surface area contributed by atoms with Gasteiger partial charge in [-0.2, -0.15) is 0 Å². The van der Waals surface area contributed by atoms with Crippen molar-refractivity contribution in [3.8, 4) is 11.3 Å². The van der Waals surface area contributed by atoms with E-state index < -0.39 is 0 Å². The minimum atomic E-state index is -0.0784. The lowest BCUT2D eigenvalue weighted by Crippen LogP contribution is -2.01. The fraction of sp³-hybridized carbons (Fsp3) is 0.227. The number of benzene rings is 2. The van der Waals surface area contributed by atoms with Crippen molar-refractivity contribution in [2.75, 3.05) is 0 Å². The summed E-state index contributed by atoms with van der Waals surface area (Å²) >= 11 is 6.07. The molecular formula is C22H21ClN2O. The van der Waals surface area contributed by atoms with Gasteiger partial charge in [0.1, 0.15) is 0 Å². The Labute approximate surface area is 157 Å². The number of para-hydroxylation sites is 1. The topological polar surface area (TPSA) is 38.0 Å². The van der Waals surface area contributed by atoms with Crippen molar-refractivity contribution >= 4 is 33.4 Å². The summed E-state index contributed by atoms with van der Waals surface area (Å²) in [5.41, 5.74) is 4.92. The summed E-state index contributed by atoms with van der Waals surface area (Å²) in [6, 6.07) is 18.2. The molecule has 0 atom stereocenters. The zero-order chi connectivity index (χ0) is 18.1. The fourth-order valence-electron chi connectivity index (χ4n) is 3.57. The predicted octanol–water partition coefficient (Wildman–Crippen LogP) is 5.80. The number of halogens is 1. The number of hydrogen-bond acceptors (Lipinski definition) is 2. The molecule has 0 radical (unpaired) electrons. The molecule has 0 fully saturated rings. The Morgan fingerprint density at radius 3 is 2.54 bits per heavy atom. The van der Waals surface area contributed by atoms with E-state index in [1.54, 1.807) is 0 Å². The van der Waals surface area contributed by atoms with Crippen molar-refractivity contribution in [1.82, 2.24) is 9.55 Å². The maximum absolute atomic E-state index is 9.74. The molecule has 0 bridgehead atoms. The monoisotopic (exact) mass is 364 g/mol. The molecule has 2 heterocycles. The fourth-order valence-corrected chi connectivity index (χ4v) is 3.69. The number of aliphatic hydroxyl groups is 1. The molecule has 0 aliphatic carbocycles. The van der Waals surface area contributed by atoms with Crippen molar-refractivity contribution in [2.45, 2.75) is 32.9 Å². The molecule has 2 aromatic carbocycles. The molecule has 0 unspecified atom stereocenters. The highest BCUT2D eigenvalue weighted by Gasteiger charge is 2.17. The van der Waals surface area contributed by atoms with Crippen molar-refractivity contribution in [2.24, 2.45) is 0 Å². The minimum Gasteiger partial charge on any atom is -0.390 e.